The number of carbonyl (C=O) groups excluding carboxylic acids is 1. The molecule has 2 aromatic rings. The number of carbonyl (C=O) groups is 2. The van der Waals surface area contributed by atoms with Crippen molar-refractivity contribution in [2.45, 2.75) is 18.9 Å². The fraction of sp³-hybridized carbons (Fsp3) is 0.250. The average molecular weight is 285 g/mol. The Hall–Kier alpha value is -2.56. The molecule has 3 rings (SSSR count). The number of hydrogen-bond donors (Lipinski definition) is 1. The number of aliphatic carboxylic acids is 1. The lowest BCUT2D eigenvalue weighted by Crippen LogP contribution is -2.40. The number of carboxylic acid groups (broad SMARTS) is 1. The molecule has 2 heterocycles. The molecule has 1 N–H and O–H groups in total. The number of nitrogens with zero attached hydrogens (tertiary/aromatic N) is 1. The SMILES string of the molecule is O=C(O)CC1c2ccccc2CCN1C(=O)c1ccco1. The van der Waals surface area contributed by atoms with Gasteiger partial charge in [-0.25, -0.2) is 0 Å². The van der Waals surface area contributed by atoms with Gasteiger partial charge in [0.15, 0.2) is 5.76 Å². The summed E-state index contributed by atoms with van der Waals surface area (Å²) in [5, 5.41) is 9.16. The minimum absolute atomic E-state index is 0.108. The van der Waals surface area contributed by atoms with Crippen LogP contribution < -0.4 is 0 Å². The van der Waals surface area contributed by atoms with Crippen molar-refractivity contribution >= 4 is 11.9 Å². The molecule has 0 saturated carbocycles. The minimum atomic E-state index is -0.922. The van der Waals surface area contributed by atoms with Crippen LogP contribution in [-0.4, -0.2) is 28.4 Å². The molecule has 1 aliphatic rings. The first-order valence-corrected chi connectivity index (χ1v) is 6.81. The molecule has 1 aliphatic heterocycles. The van der Waals surface area contributed by atoms with Crippen molar-refractivity contribution in [3.8, 4) is 0 Å². The molecule has 0 bridgehead atoms. The van der Waals surface area contributed by atoms with E-state index in [1.807, 2.05) is 24.3 Å². The largest absolute Gasteiger partial charge is 0.481 e. The van der Waals surface area contributed by atoms with Gasteiger partial charge in [0, 0.05) is 6.54 Å². The van der Waals surface area contributed by atoms with E-state index in [9.17, 15) is 9.59 Å². The van der Waals surface area contributed by atoms with Gasteiger partial charge >= 0.3 is 5.97 Å². The monoisotopic (exact) mass is 285 g/mol. The second-order valence-electron chi connectivity index (χ2n) is 5.04. The van der Waals surface area contributed by atoms with Crippen LogP contribution in [-0.2, 0) is 11.2 Å². The van der Waals surface area contributed by atoms with E-state index in [-0.39, 0.29) is 18.1 Å². The highest BCUT2D eigenvalue weighted by molar-refractivity contribution is 5.92. The molecule has 1 aromatic carbocycles. The lowest BCUT2D eigenvalue weighted by atomic mass is 9.90. The molecule has 0 spiro atoms. The Morgan fingerprint density at radius 3 is 2.76 bits per heavy atom. The summed E-state index contributed by atoms with van der Waals surface area (Å²) >= 11 is 0. The van der Waals surface area contributed by atoms with Crippen LogP contribution in [0.25, 0.3) is 0 Å². The highest BCUT2D eigenvalue weighted by Crippen LogP contribution is 2.33. The van der Waals surface area contributed by atoms with Crippen molar-refractivity contribution in [3.05, 3.63) is 59.5 Å². The Labute approximate surface area is 121 Å². The van der Waals surface area contributed by atoms with Gasteiger partial charge < -0.3 is 14.4 Å². The Balaban J connectivity index is 1.97. The van der Waals surface area contributed by atoms with Crippen molar-refractivity contribution < 1.29 is 19.1 Å². The van der Waals surface area contributed by atoms with E-state index < -0.39 is 12.0 Å². The summed E-state index contributed by atoms with van der Waals surface area (Å²) in [6.07, 6.45) is 2.06. The van der Waals surface area contributed by atoms with Crippen molar-refractivity contribution in [2.75, 3.05) is 6.54 Å². The summed E-state index contributed by atoms with van der Waals surface area (Å²) in [5.74, 6) is -0.945. The summed E-state index contributed by atoms with van der Waals surface area (Å²) in [7, 11) is 0. The second kappa shape index (κ2) is 5.44. The molecule has 0 aliphatic carbocycles. The highest BCUT2D eigenvalue weighted by atomic mass is 16.4. The number of rotatable bonds is 3. The molecule has 108 valence electrons. The van der Waals surface area contributed by atoms with E-state index in [1.165, 1.54) is 6.26 Å². The third-order valence-electron chi connectivity index (χ3n) is 3.77. The lowest BCUT2D eigenvalue weighted by Gasteiger charge is -2.36. The summed E-state index contributed by atoms with van der Waals surface area (Å²) in [6, 6.07) is 10.5. The number of fused-ring (bicyclic) bond motifs is 1. The van der Waals surface area contributed by atoms with Crippen LogP contribution in [0.4, 0.5) is 0 Å². The van der Waals surface area contributed by atoms with Gasteiger partial charge in [-0.2, -0.15) is 0 Å². The van der Waals surface area contributed by atoms with E-state index in [2.05, 4.69) is 0 Å². The van der Waals surface area contributed by atoms with Crippen LogP contribution in [0.3, 0.4) is 0 Å². The first kappa shape index (κ1) is 13.4. The normalized spacial score (nSPS) is 17.3. The molecular weight excluding hydrogens is 270 g/mol. The third kappa shape index (κ3) is 2.54. The summed E-state index contributed by atoms with van der Waals surface area (Å²) in [4.78, 5) is 25.3. The summed E-state index contributed by atoms with van der Waals surface area (Å²) in [5.41, 5.74) is 2.01. The molecule has 1 atom stereocenters. The Morgan fingerprint density at radius 1 is 1.24 bits per heavy atom. The van der Waals surface area contributed by atoms with Gasteiger partial charge in [0.25, 0.3) is 5.91 Å². The molecule has 0 fully saturated rings. The maximum Gasteiger partial charge on any atom is 0.305 e. The molecular formula is C16H15NO4. The van der Waals surface area contributed by atoms with Gasteiger partial charge in [-0.3, -0.25) is 9.59 Å². The van der Waals surface area contributed by atoms with Gasteiger partial charge in [0.05, 0.1) is 18.7 Å². The van der Waals surface area contributed by atoms with E-state index >= 15 is 0 Å². The van der Waals surface area contributed by atoms with Crippen LogP contribution in [0, 0.1) is 0 Å². The number of furan rings is 1. The molecule has 5 heteroatoms. The fourth-order valence-electron chi connectivity index (χ4n) is 2.82. The smallest absolute Gasteiger partial charge is 0.305 e. The van der Waals surface area contributed by atoms with Gasteiger partial charge in [-0.1, -0.05) is 24.3 Å². The first-order valence-electron chi connectivity index (χ1n) is 6.81. The minimum Gasteiger partial charge on any atom is -0.481 e. The number of benzene rings is 1. The zero-order valence-corrected chi connectivity index (χ0v) is 11.4. The average Bonchev–Trinajstić information content (AvgIpc) is 3.00. The number of amides is 1. The molecule has 1 aromatic heterocycles. The first-order chi connectivity index (χ1) is 10.2. The second-order valence-corrected chi connectivity index (χ2v) is 5.04. The Morgan fingerprint density at radius 2 is 2.05 bits per heavy atom. The lowest BCUT2D eigenvalue weighted by molar-refractivity contribution is -0.138. The van der Waals surface area contributed by atoms with E-state index in [0.717, 1.165) is 17.5 Å². The molecule has 1 unspecified atom stereocenters. The number of hydrogen-bond acceptors (Lipinski definition) is 3. The van der Waals surface area contributed by atoms with Crippen molar-refractivity contribution in [1.29, 1.82) is 0 Å². The van der Waals surface area contributed by atoms with E-state index in [0.29, 0.717) is 6.54 Å². The standard InChI is InChI=1S/C16H15NO4/c18-15(19)10-13-12-5-2-1-4-11(12)7-8-17(13)16(20)14-6-3-9-21-14/h1-6,9,13H,7-8,10H2,(H,18,19). The van der Waals surface area contributed by atoms with E-state index in [1.54, 1.807) is 17.0 Å². The zero-order valence-electron chi connectivity index (χ0n) is 11.4. The van der Waals surface area contributed by atoms with Crippen LogP contribution in [0.1, 0.15) is 34.1 Å². The fourth-order valence-corrected chi connectivity index (χ4v) is 2.82. The van der Waals surface area contributed by atoms with Gasteiger partial charge in [-0.05, 0) is 29.7 Å². The van der Waals surface area contributed by atoms with Crippen molar-refractivity contribution in [3.63, 3.8) is 0 Å². The zero-order chi connectivity index (χ0) is 14.8. The molecule has 0 radical (unpaired) electrons. The quantitative estimate of drug-likeness (QED) is 0.940. The molecule has 5 nitrogen and oxygen atoms in total. The Kier molecular flexibility index (Phi) is 3.48. The predicted octanol–water partition coefficient (Wildman–Crippen LogP) is 2.49. The van der Waals surface area contributed by atoms with Crippen molar-refractivity contribution in [1.82, 2.24) is 4.90 Å². The maximum absolute atomic E-state index is 12.5. The summed E-state index contributed by atoms with van der Waals surface area (Å²) < 4.78 is 5.15. The van der Waals surface area contributed by atoms with Gasteiger partial charge in [0.1, 0.15) is 0 Å². The molecule has 1 amide bonds. The predicted molar refractivity (Wildman–Crippen MR) is 74.9 cm³/mol. The third-order valence-corrected chi connectivity index (χ3v) is 3.77. The van der Waals surface area contributed by atoms with E-state index in [4.69, 9.17) is 9.52 Å². The molecule has 0 saturated heterocycles. The van der Waals surface area contributed by atoms with Crippen molar-refractivity contribution in [2.24, 2.45) is 0 Å². The highest BCUT2D eigenvalue weighted by Gasteiger charge is 2.33. The molecule has 21 heavy (non-hydrogen) atoms. The number of carboxylic acids is 1. The maximum atomic E-state index is 12.5. The van der Waals surface area contributed by atoms with Crippen LogP contribution in [0.15, 0.2) is 47.1 Å². The summed E-state index contributed by atoms with van der Waals surface area (Å²) in [6.45, 7) is 0.495. The van der Waals surface area contributed by atoms with Crippen LogP contribution >= 0.6 is 0 Å². The van der Waals surface area contributed by atoms with Crippen LogP contribution in [0.5, 0.6) is 0 Å². The Bertz CT molecular complexity index is 663. The topological polar surface area (TPSA) is 70.8 Å². The van der Waals surface area contributed by atoms with Crippen LogP contribution in [0.2, 0.25) is 0 Å². The van der Waals surface area contributed by atoms with Gasteiger partial charge in [-0.15, -0.1) is 0 Å². The van der Waals surface area contributed by atoms with Gasteiger partial charge in [0.2, 0.25) is 0 Å².